The van der Waals surface area contributed by atoms with Gasteiger partial charge in [0.15, 0.2) is 0 Å². The lowest BCUT2D eigenvalue weighted by Gasteiger charge is -2.37. The normalized spacial score (nSPS) is 22.6. The summed E-state index contributed by atoms with van der Waals surface area (Å²) in [5.41, 5.74) is 1.78. The molecule has 2 aromatic rings. The first kappa shape index (κ1) is 19.3. The van der Waals surface area contributed by atoms with Crippen molar-refractivity contribution in [2.75, 3.05) is 24.7 Å². The highest BCUT2D eigenvalue weighted by Gasteiger charge is 2.30. The molecule has 0 N–H and O–H groups in total. The number of piperidine rings is 1. The third-order valence-corrected chi connectivity index (χ3v) is 8.07. The molecule has 3 unspecified atom stereocenters. The van der Waals surface area contributed by atoms with Crippen LogP contribution in [0.15, 0.2) is 57.2 Å². The highest BCUT2D eigenvalue weighted by atomic mass is 32.2. The summed E-state index contributed by atoms with van der Waals surface area (Å²) in [6.45, 7) is 0.712. The van der Waals surface area contributed by atoms with Crippen molar-refractivity contribution >= 4 is 38.9 Å². The maximum atomic E-state index is 13.1. The van der Waals surface area contributed by atoms with Gasteiger partial charge in [-0.3, -0.25) is 9.00 Å². The predicted octanol–water partition coefficient (Wildman–Crippen LogP) is 3.44. The van der Waals surface area contributed by atoms with Crippen LogP contribution in [-0.4, -0.2) is 45.1 Å². The molecule has 1 fully saturated rings. The third-order valence-electron chi connectivity index (χ3n) is 5.66. The van der Waals surface area contributed by atoms with Crippen LogP contribution in [0.4, 0.5) is 11.4 Å². The lowest BCUT2D eigenvalue weighted by Crippen LogP contribution is -2.42. The number of para-hydroxylation sites is 1. The fraction of sp³-hybridized carbons (Fsp3) is 0.381. The van der Waals surface area contributed by atoms with Gasteiger partial charge >= 0.3 is 0 Å². The van der Waals surface area contributed by atoms with Gasteiger partial charge in [-0.25, -0.2) is 4.21 Å². The van der Waals surface area contributed by atoms with Gasteiger partial charge in [0, 0.05) is 48.0 Å². The minimum atomic E-state index is -1.26. The quantitative estimate of drug-likeness (QED) is 0.766. The van der Waals surface area contributed by atoms with Crippen LogP contribution in [0.5, 0.6) is 0 Å². The maximum absolute atomic E-state index is 13.1. The average molecular weight is 417 g/mol. The molecule has 3 atom stereocenters. The van der Waals surface area contributed by atoms with Gasteiger partial charge in [0.05, 0.1) is 32.0 Å². The molecule has 2 aliphatic heterocycles. The first-order chi connectivity index (χ1) is 13.5. The lowest BCUT2D eigenvalue weighted by molar-refractivity contribution is -0.134. The van der Waals surface area contributed by atoms with E-state index >= 15 is 0 Å². The van der Waals surface area contributed by atoms with Crippen molar-refractivity contribution in [3.05, 3.63) is 42.5 Å². The number of benzene rings is 2. The second kappa shape index (κ2) is 7.79. The number of anilines is 2. The van der Waals surface area contributed by atoms with Gasteiger partial charge in [-0.2, -0.15) is 0 Å². The number of fused-ring (bicyclic) bond motifs is 2. The molecule has 0 spiro atoms. The Morgan fingerprint density at radius 1 is 1.14 bits per heavy atom. The molecule has 0 radical (unpaired) electrons. The molecule has 2 heterocycles. The van der Waals surface area contributed by atoms with E-state index in [4.69, 9.17) is 0 Å². The molecule has 7 heteroatoms. The van der Waals surface area contributed by atoms with Crippen molar-refractivity contribution in [1.82, 2.24) is 4.90 Å². The monoisotopic (exact) mass is 416 g/mol. The summed E-state index contributed by atoms with van der Waals surface area (Å²) >= 11 is 0. The Morgan fingerprint density at radius 2 is 1.89 bits per heavy atom. The molecule has 148 valence electrons. The van der Waals surface area contributed by atoms with E-state index in [-0.39, 0.29) is 11.9 Å². The standard InChI is InChI=1S/C21H24N2O3S2/c1-22-15(6-5-9-21(22)24)12-13-23-17-7-3-4-8-19(17)28(26)20-11-10-16(27(2)25)14-18(20)23/h3-4,7-8,10-11,14-15H,5-6,9,12-13H2,1-2H3. The zero-order valence-corrected chi connectivity index (χ0v) is 17.7. The topological polar surface area (TPSA) is 57.7 Å². The number of hydrogen-bond donors (Lipinski definition) is 0. The predicted molar refractivity (Wildman–Crippen MR) is 112 cm³/mol. The Labute approximate surface area is 170 Å². The van der Waals surface area contributed by atoms with Gasteiger partial charge in [-0.15, -0.1) is 0 Å². The van der Waals surface area contributed by atoms with E-state index < -0.39 is 21.6 Å². The Kier molecular flexibility index (Phi) is 5.38. The van der Waals surface area contributed by atoms with Crippen molar-refractivity contribution in [2.24, 2.45) is 0 Å². The van der Waals surface area contributed by atoms with Crippen molar-refractivity contribution in [2.45, 2.75) is 46.4 Å². The smallest absolute Gasteiger partial charge is 0.222 e. The number of carbonyl (C=O) groups is 1. The van der Waals surface area contributed by atoms with E-state index in [1.54, 1.807) is 12.3 Å². The Balaban J connectivity index is 1.70. The number of carbonyl (C=O) groups excluding carboxylic acids is 1. The van der Waals surface area contributed by atoms with Gasteiger partial charge in [0.1, 0.15) is 0 Å². The molecular formula is C21H24N2O3S2. The minimum absolute atomic E-state index is 0.209. The zero-order valence-electron chi connectivity index (χ0n) is 16.1. The van der Waals surface area contributed by atoms with E-state index in [1.165, 1.54) is 0 Å². The van der Waals surface area contributed by atoms with Gasteiger partial charge < -0.3 is 9.80 Å². The van der Waals surface area contributed by atoms with Crippen molar-refractivity contribution in [3.8, 4) is 0 Å². The molecule has 28 heavy (non-hydrogen) atoms. The molecule has 2 aliphatic rings. The molecule has 4 rings (SSSR count). The van der Waals surface area contributed by atoms with Crippen molar-refractivity contribution in [3.63, 3.8) is 0 Å². The van der Waals surface area contributed by atoms with Crippen LogP contribution in [-0.2, 0) is 26.4 Å². The van der Waals surface area contributed by atoms with Crippen LogP contribution in [0.2, 0.25) is 0 Å². The second-order valence-corrected chi connectivity index (χ2v) is 10.1. The van der Waals surface area contributed by atoms with E-state index in [0.29, 0.717) is 13.0 Å². The zero-order chi connectivity index (χ0) is 19.8. The number of nitrogens with zero attached hydrogens (tertiary/aromatic N) is 2. The van der Waals surface area contributed by atoms with E-state index in [2.05, 4.69) is 4.90 Å². The van der Waals surface area contributed by atoms with Gasteiger partial charge in [0.2, 0.25) is 5.91 Å². The van der Waals surface area contributed by atoms with Gasteiger partial charge in [0.25, 0.3) is 0 Å². The number of amides is 1. The molecule has 2 aromatic carbocycles. The Bertz CT molecular complexity index is 976. The number of rotatable bonds is 4. The van der Waals surface area contributed by atoms with E-state index in [0.717, 1.165) is 45.3 Å². The highest BCUT2D eigenvalue weighted by molar-refractivity contribution is 7.85. The molecule has 0 aliphatic carbocycles. The molecule has 1 saturated heterocycles. The van der Waals surface area contributed by atoms with Gasteiger partial charge in [-0.05, 0) is 49.6 Å². The summed E-state index contributed by atoms with van der Waals surface area (Å²) in [4.78, 5) is 18.4. The van der Waals surface area contributed by atoms with E-state index in [1.807, 2.05) is 48.3 Å². The van der Waals surface area contributed by atoms with E-state index in [9.17, 15) is 13.2 Å². The van der Waals surface area contributed by atoms with Crippen LogP contribution >= 0.6 is 0 Å². The van der Waals surface area contributed by atoms with Crippen molar-refractivity contribution in [1.29, 1.82) is 0 Å². The van der Waals surface area contributed by atoms with Crippen molar-refractivity contribution < 1.29 is 13.2 Å². The minimum Gasteiger partial charge on any atom is -0.343 e. The summed E-state index contributed by atoms with van der Waals surface area (Å²) in [6.07, 6.45) is 5.07. The Morgan fingerprint density at radius 3 is 2.68 bits per heavy atom. The molecular weight excluding hydrogens is 392 g/mol. The molecule has 1 amide bonds. The fourth-order valence-electron chi connectivity index (χ4n) is 4.05. The van der Waals surface area contributed by atoms with Crippen LogP contribution in [0.1, 0.15) is 25.7 Å². The van der Waals surface area contributed by atoms with Gasteiger partial charge in [-0.1, -0.05) is 12.1 Å². The SMILES string of the molecule is CN1C(=O)CCCC1CCN1c2ccccc2S(=O)c2ccc(S(C)=O)cc21. The summed E-state index contributed by atoms with van der Waals surface area (Å²) in [5.74, 6) is 0.209. The van der Waals surface area contributed by atoms with Crippen LogP contribution in [0.25, 0.3) is 0 Å². The molecule has 0 aromatic heterocycles. The summed E-state index contributed by atoms with van der Waals surface area (Å²) < 4.78 is 25.1. The first-order valence-electron chi connectivity index (χ1n) is 9.49. The van der Waals surface area contributed by atoms with Crippen LogP contribution in [0, 0.1) is 0 Å². The molecule has 0 saturated carbocycles. The largest absolute Gasteiger partial charge is 0.343 e. The van der Waals surface area contributed by atoms with Crippen LogP contribution < -0.4 is 4.90 Å². The number of likely N-dealkylation sites (tertiary alicyclic amines) is 1. The molecule has 0 bridgehead atoms. The molecule has 5 nitrogen and oxygen atoms in total. The number of hydrogen-bond acceptors (Lipinski definition) is 4. The maximum Gasteiger partial charge on any atom is 0.222 e. The fourth-order valence-corrected chi connectivity index (χ4v) is 5.94. The average Bonchev–Trinajstić information content (AvgIpc) is 2.70. The summed E-state index contributed by atoms with van der Waals surface area (Å²) in [6, 6.07) is 13.5. The first-order valence-corrected chi connectivity index (χ1v) is 12.2. The van der Waals surface area contributed by atoms with Crippen LogP contribution in [0.3, 0.4) is 0 Å². The second-order valence-electron chi connectivity index (χ2n) is 7.31. The lowest BCUT2D eigenvalue weighted by atomic mass is 9.99. The third kappa shape index (κ3) is 3.42. The Hall–Kier alpha value is -1.99. The summed E-state index contributed by atoms with van der Waals surface area (Å²) in [7, 11) is -0.480. The highest BCUT2D eigenvalue weighted by Crippen LogP contribution is 2.43. The summed E-state index contributed by atoms with van der Waals surface area (Å²) in [5, 5.41) is 0.